The summed E-state index contributed by atoms with van der Waals surface area (Å²) in [6, 6.07) is 30.7. The molecule has 0 saturated carbocycles. The predicted molar refractivity (Wildman–Crippen MR) is 160 cm³/mol. The van der Waals surface area contributed by atoms with Crippen LogP contribution in [0.15, 0.2) is 109 Å². The molecule has 1 unspecified atom stereocenters. The Bertz CT molecular complexity index is 1600. The number of aliphatic hydroxyl groups is 1. The lowest BCUT2D eigenvalue weighted by atomic mass is 9.85. The standard InChI is InChI=1S/C35H33NO5/c1-35(2,3)25-18-19-29(40-4)28(21-25)32(37)30-31(36(34(39)33(30)38)26-15-9-6-10-16-26)24-14-11-17-27(20-24)41-22-23-12-7-5-8-13-23/h5-21,31,37H,22H2,1-4H3/b32-30+. The van der Waals surface area contributed by atoms with Crippen molar-refractivity contribution in [2.24, 2.45) is 0 Å². The van der Waals surface area contributed by atoms with Crippen LogP contribution < -0.4 is 14.4 Å². The fourth-order valence-corrected chi connectivity index (χ4v) is 5.02. The highest BCUT2D eigenvalue weighted by molar-refractivity contribution is 6.51. The van der Waals surface area contributed by atoms with Gasteiger partial charge in [0.15, 0.2) is 0 Å². The molecule has 0 aliphatic carbocycles. The van der Waals surface area contributed by atoms with E-state index in [9.17, 15) is 14.7 Å². The molecule has 4 aromatic carbocycles. The predicted octanol–water partition coefficient (Wildman–Crippen LogP) is 7.20. The summed E-state index contributed by atoms with van der Waals surface area (Å²) in [5, 5.41) is 11.8. The monoisotopic (exact) mass is 547 g/mol. The van der Waals surface area contributed by atoms with E-state index in [0.29, 0.717) is 34.9 Å². The lowest BCUT2D eigenvalue weighted by Crippen LogP contribution is -2.29. The maximum Gasteiger partial charge on any atom is 0.300 e. The van der Waals surface area contributed by atoms with Crippen molar-refractivity contribution in [1.82, 2.24) is 0 Å². The molecule has 41 heavy (non-hydrogen) atoms. The Morgan fingerprint density at radius 1 is 0.854 bits per heavy atom. The first-order valence-corrected chi connectivity index (χ1v) is 13.5. The number of hydrogen-bond donors (Lipinski definition) is 1. The molecule has 1 saturated heterocycles. The number of aliphatic hydroxyl groups excluding tert-OH is 1. The van der Waals surface area contributed by atoms with Crippen LogP contribution in [0.25, 0.3) is 5.76 Å². The second-order valence-electron chi connectivity index (χ2n) is 11.0. The fourth-order valence-electron chi connectivity index (χ4n) is 5.02. The summed E-state index contributed by atoms with van der Waals surface area (Å²) in [6.45, 7) is 6.55. The van der Waals surface area contributed by atoms with Crippen LogP contribution in [0.5, 0.6) is 11.5 Å². The molecule has 1 heterocycles. The third-order valence-corrected chi connectivity index (χ3v) is 7.22. The van der Waals surface area contributed by atoms with Crippen LogP contribution >= 0.6 is 0 Å². The lowest BCUT2D eigenvalue weighted by molar-refractivity contribution is -0.132. The van der Waals surface area contributed by atoms with E-state index in [1.54, 1.807) is 30.3 Å². The third-order valence-electron chi connectivity index (χ3n) is 7.22. The van der Waals surface area contributed by atoms with E-state index in [1.807, 2.05) is 72.8 Å². The summed E-state index contributed by atoms with van der Waals surface area (Å²) in [6.07, 6.45) is 0. The Hall–Kier alpha value is -4.84. The smallest absolute Gasteiger partial charge is 0.300 e. The van der Waals surface area contributed by atoms with Crippen molar-refractivity contribution in [3.8, 4) is 11.5 Å². The van der Waals surface area contributed by atoms with Gasteiger partial charge in [-0.15, -0.1) is 0 Å². The number of hydrogen-bond acceptors (Lipinski definition) is 5. The van der Waals surface area contributed by atoms with Gasteiger partial charge in [-0.05, 0) is 58.5 Å². The molecule has 1 fully saturated rings. The normalized spacial score (nSPS) is 16.6. The van der Waals surface area contributed by atoms with Crippen molar-refractivity contribution in [2.45, 2.75) is 38.8 Å². The Balaban J connectivity index is 1.66. The first-order chi connectivity index (χ1) is 19.7. The molecule has 1 aliphatic heterocycles. The minimum Gasteiger partial charge on any atom is -0.507 e. The number of carbonyl (C=O) groups excluding carboxylic acids is 2. The number of benzene rings is 4. The second kappa shape index (κ2) is 11.3. The van der Waals surface area contributed by atoms with Gasteiger partial charge in [0.05, 0.1) is 24.3 Å². The number of para-hydroxylation sites is 1. The highest BCUT2D eigenvalue weighted by atomic mass is 16.5. The van der Waals surface area contributed by atoms with E-state index in [1.165, 1.54) is 12.0 Å². The van der Waals surface area contributed by atoms with Crippen molar-refractivity contribution in [3.63, 3.8) is 0 Å². The molecule has 4 aromatic rings. The average Bonchev–Trinajstić information content (AvgIpc) is 3.26. The van der Waals surface area contributed by atoms with Crippen molar-refractivity contribution in [1.29, 1.82) is 0 Å². The minimum atomic E-state index is -0.888. The Labute approximate surface area is 240 Å². The van der Waals surface area contributed by atoms with Gasteiger partial charge in [-0.1, -0.05) is 87.5 Å². The third kappa shape index (κ3) is 5.59. The van der Waals surface area contributed by atoms with Crippen molar-refractivity contribution < 1.29 is 24.2 Å². The molecule has 0 spiro atoms. The van der Waals surface area contributed by atoms with Crippen LogP contribution in [-0.2, 0) is 21.6 Å². The number of rotatable bonds is 7. The van der Waals surface area contributed by atoms with Crippen LogP contribution in [0.4, 0.5) is 5.69 Å². The number of carbonyl (C=O) groups is 2. The topological polar surface area (TPSA) is 76.1 Å². The summed E-state index contributed by atoms with van der Waals surface area (Å²) >= 11 is 0. The van der Waals surface area contributed by atoms with Gasteiger partial charge in [-0.2, -0.15) is 0 Å². The highest BCUT2D eigenvalue weighted by Crippen LogP contribution is 2.44. The molecular formula is C35H33NO5. The van der Waals surface area contributed by atoms with Crippen molar-refractivity contribution >= 4 is 23.1 Å². The number of ether oxygens (including phenoxy) is 2. The molecule has 1 aliphatic rings. The summed E-state index contributed by atoms with van der Waals surface area (Å²) in [4.78, 5) is 28.7. The lowest BCUT2D eigenvalue weighted by Gasteiger charge is -2.26. The first-order valence-electron chi connectivity index (χ1n) is 13.5. The SMILES string of the molecule is COc1ccc(C(C)(C)C)cc1/C(O)=C1\C(=O)C(=O)N(c2ccccc2)C1c1cccc(OCc2ccccc2)c1. The van der Waals surface area contributed by atoms with Gasteiger partial charge in [0.1, 0.15) is 23.9 Å². The van der Waals surface area contributed by atoms with E-state index in [-0.39, 0.29) is 16.7 Å². The number of nitrogens with zero attached hydrogens (tertiary/aromatic N) is 1. The summed E-state index contributed by atoms with van der Waals surface area (Å²) in [5.74, 6) is -0.790. The van der Waals surface area contributed by atoms with Gasteiger partial charge in [-0.3, -0.25) is 14.5 Å². The molecule has 1 atom stereocenters. The molecule has 0 bridgehead atoms. The van der Waals surface area contributed by atoms with E-state index in [2.05, 4.69) is 20.8 Å². The highest BCUT2D eigenvalue weighted by Gasteiger charge is 2.47. The van der Waals surface area contributed by atoms with E-state index in [4.69, 9.17) is 9.47 Å². The second-order valence-corrected chi connectivity index (χ2v) is 11.0. The maximum absolute atomic E-state index is 13.7. The molecule has 0 radical (unpaired) electrons. The number of anilines is 1. The maximum atomic E-state index is 13.7. The minimum absolute atomic E-state index is 0.0107. The summed E-state index contributed by atoms with van der Waals surface area (Å²) in [5.41, 5.74) is 3.26. The molecule has 1 N–H and O–H groups in total. The number of amides is 1. The molecular weight excluding hydrogens is 514 g/mol. The van der Waals surface area contributed by atoms with Crippen molar-refractivity contribution in [3.05, 3.63) is 131 Å². The van der Waals surface area contributed by atoms with Crippen LogP contribution in [0.2, 0.25) is 0 Å². The Morgan fingerprint density at radius 3 is 2.20 bits per heavy atom. The van der Waals surface area contributed by atoms with Crippen LogP contribution in [0.3, 0.4) is 0 Å². The zero-order valence-corrected chi connectivity index (χ0v) is 23.6. The van der Waals surface area contributed by atoms with Gasteiger partial charge >= 0.3 is 0 Å². The number of methoxy groups -OCH3 is 1. The Morgan fingerprint density at radius 2 is 1.54 bits per heavy atom. The van der Waals surface area contributed by atoms with Gasteiger partial charge in [0, 0.05) is 5.69 Å². The largest absolute Gasteiger partial charge is 0.507 e. The summed E-state index contributed by atoms with van der Waals surface area (Å²) < 4.78 is 11.6. The number of Topliss-reactive ketones (excluding diaryl/α,β-unsaturated/α-hetero) is 1. The van der Waals surface area contributed by atoms with Crippen LogP contribution in [-0.4, -0.2) is 23.9 Å². The van der Waals surface area contributed by atoms with Gasteiger partial charge in [0.25, 0.3) is 11.7 Å². The van der Waals surface area contributed by atoms with E-state index >= 15 is 0 Å². The molecule has 6 heteroatoms. The van der Waals surface area contributed by atoms with Crippen LogP contribution in [0.1, 0.15) is 49.1 Å². The van der Waals surface area contributed by atoms with Crippen LogP contribution in [0, 0.1) is 0 Å². The molecule has 6 nitrogen and oxygen atoms in total. The summed E-state index contributed by atoms with van der Waals surface area (Å²) in [7, 11) is 1.51. The zero-order chi connectivity index (χ0) is 29.1. The van der Waals surface area contributed by atoms with Gasteiger partial charge in [0.2, 0.25) is 0 Å². The fraction of sp³-hybridized carbons (Fsp3) is 0.200. The molecule has 5 rings (SSSR count). The van der Waals surface area contributed by atoms with E-state index < -0.39 is 17.7 Å². The molecule has 0 aromatic heterocycles. The molecule has 208 valence electrons. The first kappa shape index (κ1) is 27.7. The Kier molecular flexibility index (Phi) is 7.66. The van der Waals surface area contributed by atoms with Gasteiger partial charge in [-0.25, -0.2) is 0 Å². The van der Waals surface area contributed by atoms with Gasteiger partial charge < -0.3 is 14.6 Å². The zero-order valence-electron chi connectivity index (χ0n) is 23.6. The van der Waals surface area contributed by atoms with E-state index in [0.717, 1.165) is 11.1 Å². The number of ketones is 1. The quantitative estimate of drug-likeness (QED) is 0.150. The van der Waals surface area contributed by atoms with Crippen molar-refractivity contribution in [2.75, 3.05) is 12.0 Å². The average molecular weight is 548 g/mol. The molecule has 1 amide bonds.